The van der Waals surface area contributed by atoms with E-state index < -0.39 is 0 Å². The normalized spacial score (nSPS) is 19.1. The smallest absolute Gasteiger partial charge is 0.113 e. The molecule has 0 aromatic rings. The van der Waals surface area contributed by atoms with Gasteiger partial charge in [-0.15, -0.1) is 0 Å². The average molecular weight is 189 g/mol. The van der Waals surface area contributed by atoms with E-state index in [0.717, 1.165) is 16.8 Å². The Kier molecular flexibility index (Phi) is 1.81. The largest absolute Gasteiger partial charge is 0.384 e. The fraction of sp³-hybridized carbons (Fsp3) is 0.333. The SMILES string of the molecule is CN1CC=CC(Br)=C1N. The van der Waals surface area contributed by atoms with Gasteiger partial charge in [0.05, 0.1) is 4.48 Å². The summed E-state index contributed by atoms with van der Waals surface area (Å²) in [6.07, 6.45) is 4.02. The van der Waals surface area contributed by atoms with E-state index in [2.05, 4.69) is 22.0 Å². The number of allylic oxidation sites excluding steroid dienone is 2. The van der Waals surface area contributed by atoms with Gasteiger partial charge in [0.2, 0.25) is 0 Å². The lowest BCUT2D eigenvalue weighted by Gasteiger charge is -2.21. The molecule has 0 spiro atoms. The number of hydrogen-bond donors (Lipinski definition) is 1. The second-order valence-corrected chi connectivity index (χ2v) is 2.87. The monoisotopic (exact) mass is 188 g/mol. The first-order valence-corrected chi connectivity index (χ1v) is 3.54. The Hall–Kier alpha value is -0.440. The van der Waals surface area contributed by atoms with Gasteiger partial charge in [0.25, 0.3) is 0 Å². The van der Waals surface area contributed by atoms with Crippen LogP contribution in [0.25, 0.3) is 0 Å². The minimum atomic E-state index is 0.803. The van der Waals surface area contributed by atoms with Gasteiger partial charge in [-0.3, -0.25) is 0 Å². The van der Waals surface area contributed by atoms with Crippen LogP contribution in [0.1, 0.15) is 0 Å². The van der Waals surface area contributed by atoms with E-state index in [4.69, 9.17) is 5.73 Å². The minimum absolute atomic E-state index is 0.803. The Morgan fingerprint density at radius 2 is 2.44 bits per heavy atom. The highest BCUT2D eigenvalue weighted by Gasteiger charge is 2.05. The van der Waals surface area contributed by atoms with Gasteiger partial charge >= 0.3 is 0 Å². The molecule has 1 rings (SSSR count). The van der Waals surface area contributed by atoms with Crippen molar-refractivity contribution in [3.63, 3.8) is 0 Å². The van der Waals surface area contributed by atoms with Crippen molar-refractivity contribution in [2.75, 3.05) is 13.6 Å². The molecule has 50 valence electrons. The van der Waals surface area contributed by atoms with Crippen LogP contribution in [0.5, 0.6) is 0 Å². The molecule has 9 heavy (non-hydrogen) atoms. The van der Waals surface area contributed by atoms with Crippen LogP contribution in [0.3, 0.4) is 0 Å². The van der Waals surface area contributed by atoms with Crippen molar-refractivity contribution in [1.82, 2.24) is 4.90 Å². The number of hydrogen-bond acceptors (Lipinski definition) is 2. The quantitative estimate of drug-likeness (QED) is 0.616. The van der Waals surface area contributed by atoms with Gasteiger partial charge in [-0.2, -0.15) is 0 Å². The van der Waals surface area contributed by atoms with Gasteiger partial charge in [-0.05, 0) is 22.0 Å². The molecule has 2 N–H and O–H groups in total. The third-order valence-corrected chi connectivity index (χ3v) is 1.97. The molecule has 0 aliphatic carbocycles. The van der Waals surface area contributed by atoms with Gasteiger partial charge in [-0.25, -0.2) is 0 Å². The van der Waals surface area contributed by atoms with Crippen molar-refractivity contribution < 1.29 is 0 Å². The Bertz CT molecular complexity index is 172. The zero-order chi connectivity index (χ0) is 6.85. The maximum atomic E-state index is 5.63. The molecule has 0 radical (unpaired) electrons. The summed E-state index contributed by atoms with van der Waals surface area (Å²) in [6, 6.07) is 0. The van der Waals surface area contributed by atoms with Gasteiger partial charge in [0.15, 0.2) is 0 Å². The van der Waals surface area contributed by atoms with Crippen molar-refractivity contribution in [3.8, 4) is 0 Å². The van der Waals surface area contributed by atoms with Crippen LogP contribution in [0.4, 0.5) is 0 Å². The molecule has 0 bridgehead atoms. The van der Waals surface area contributed by atoms with E-state index in [1.165, 1.54) is 0 Å². The highest BCUT2D eigenvalue weighted by molar-refractivity contribution is 9.11. The van der Waals surface area contributed by atoms with Crippen LogP contribution in [0.2, 0.25) is 0 Å². The van der Waals surface area contributed by atoms with Crippen molar-refractivity contribution in [1.29, 1.82) is 0 Å². The summed E-state index contributed by atoms with van der Waals surface area (Å²) >= 11 is 3.32. The second-order valence-electron chi connectivity index (χ2n) is 2.02. The molecular weight excluding hydrogens is 180 g/mol. The van der Waals surface area contributed by atoms with E-state index in [0.29, 0.717) is 0 Å². The summed E-state index contributed by atoms with van der Waals surface area (Å²) in [4.78, 5) is 1.98. The Morgan fingerprint density at radius 1 is 1.78 bits per heavy atom. The molecule has 0 fully saturated rings. The van der Waals surface area contributed by atoms with E-state index >= 15 is 0 Å². The van der Waals surface area contributed by atoms with E-state index in [1.807, 2.05) is 18.0 Å². The molecule has 0 aromatic carbocycles. The molecule has 1 aliphatic rings. The maximum Gasteiger partial charge on any atom is 0.113 e. The predicted molar refractivity (Wildman–Crippen MR) is 41.9 cm³/mol. The Morgan fingerprint density at radius 3 is 2.89 bits per heavy atom. The Balaban J connectivity index is 2.83. The summed E-state index contributed by atoms with van der Waals surface area (Å²) in [5.74, 6) is 0.803. The first kappa shape index (κ1) is 6.68. The molecule has 1 aliphatic heterocycles. The molecule has 1 heterocycles. The molecule has 0 saturated heterocycles. The van der Waals surface area contributed by atoms with Crippen LogP contribution in [-0.4, -0.2) is 18.5 Å². The van der Waals surface area contributed by atoms with Gasteiger partial charge < -0.3 is 10.6 Å². The second kappa shape index (κ2) is 2.43. The Labute approximate surface area is 63.1 Å². The zero-order valence-electron chi connectivity index (χ0n) is 5.26. The van der Waals surface area contributed by atoms with Gasteiger partial charge in [0, 0.05) is 13.6 Å². The summed E-state index contributed by atoms with van der Waals surface area (Å²) in [6.45, 7) is 0.904. The lowest BCUT2D eigenvalue weighted by Crippen LogP contribution is -2.26. The first-order chi connectivity index (χ1) is 4.22. The van der Waals surface area contributed by atoms with Crippen LogP contribution < -0.4 is 5.73 Å². The fourth-order valence-electron chi connectivity index (χ4n) is 0.680. The maximum absolute atomic E-state index is 5.63. The van der Waals surface area contributed by atoms with Crippen LogP contribution in [0, 0.1) is 0 Å². The van der Waals surface area contributed by atoms with E-state index in [9.17, 15) is 0 Å². The molecule has 0 atom stereocenters. The van der Waals surface area contributed by atoms with Crippen molar-refractivity contribution in [3.05, 3.63) is 22.5 Å². The van der Waals surface area contributed by atoms with Gasteiger partial charge in [-0.1, -0.05) is 6.08 Å². The predicted octanol–water partition coefficient (Wildman–Crippen LogP) is 1.01. The number of halogens is 1. The van der Waals surface area contributed by atoms with Crippen LogP contribution >= 0.6 is 15.9 Å². The average Bonchev–Trinajstić information content (AvgIpc) is 1.83. The number of nitrogens with zero attached hydrogens (tertiary/aromatic N) is 1. The molecular formula is C6H9BrN2. The first-order valence-electron chi connectivity index (χ1n) is 2.74. The highest BCUT2D eigenvalue weighted by atomic mass is 79.9. The summed E-state index contributed by atoms with van der Waals surface area (Å²) in [5.41, 5.74) is 5.63. The summed E-state index contributed by atoms with van der Waals surface area (Å²) < 4.78 is 0.969. The van der Waals surface area contributed by atoms with Crippen molar-refractivity contribution in [2.45, 2.75) is 0 Å². The highest BCUT2D eigenvalue weighted by Crippen LogP contribution is 2.15. The fourth-order valence-corrected chi connectivity index (χ4v) is 1.17. The number of nitrogens with two attached hydrogens (primary N) is 1. The van der Waals surface area contributed by atoms with Gasteiger partial charge in [0.1, 0.15) is 5.82 Å². The van der Waals surface area contributed by atoms with E-state index in [1.54, 1.807) is 0 Å². The van der Waals surface area contributed by atoms with Crippen molar-refractivity contribution in [2.24, 2.45) is 5.73 Å². The molecule has 0 amide bonds. The molecule has 0 aromatic heterocycles. The molecule has 3 heteroatoms. The number of rotatable bonds is 0. The van der Waals surface area contributed by atoms with E-state index in [-0.39, 0.29) is 0 Å². The van der Waals surface area contributed by atoms with Crippen molar-refractivity contribution >= 4 is 15.9 Å². The summed E-state index contributed by atoms with van der Waals surface area (Å²) in [5, 5.41) is 0. The lowest BCUT2D eigenvalue weighted by molar-refractivity contribution is 0.452. The third-order valence-electron chi connectivity index (χ3n) is 1.30. The zero-order valence-corrected chi connectivity index (χ0v) is 6.85. The number of likely N-dealkylation sites (N-methyl/N-ethyl adjacent to an activating group) is 1. The molecule has 0 saturated carbocycles. The summed E-state index contributed by atoms with van der Waals surface area (Å²) in [7, 11) is 1.96. The van der Waals surface area contributed by atoms with Crippen LogP contribution in [-0.2, 0) is 0 Å². The minimum Gasteiger partial charge on any atom is -0.384 e. The molecule has 2 nitrogen and oxygen atoms in total. The topological polar surface area (TPSA) is 29.3 Å². The third kappa shape index (κ3) is 1.27. The van der Waals surface area contributed by atoms with Crippen LogP contribution in [0.15, 0.2) is 22.5 Å². The lowest BCUT2D eigenvalue weighted by atomic mass is 10.3. The standard InChI is InChI=1S/C6H9BrN2/c1-9-4-2-3-5(7)6(9)8/h2-3H,4,8H2,1H3. The molecule has 0 unspecified atom stereocenters.